The van der Waals surface area contributed by atoms with Gasteiger partial charge in [-0.3, -0.25) is 0 Å². The van der Waals surface area contributed by atoms with Gasteiger partial charge in [0.05, 0.1) is 55.9 Å². The number of esters is 1. The fourth-order valence-corrected chi connectivity index (χ4v) is 12.0. The van der Waals surface area contributed by atoms with Gasteiger partial charge >= 0.3 is 5.97 Å². The highest BCUT2D eigenvalue weighted by Crippen LogP contribution is 2.70. The SMILES string of the molecule is CC1CC(OC2CC(O)C3(CO)C(CCC4C3C(O)CC3(C)C(C5=CC(=O)OC5)CCC43O)C2)C(O)C(O)C1O.CC1CO[C@@H](O)C1.CC1CO[C@@H](O)C1. The van der Waals surface area contributed by atoms with E-state index in [0.717, 1.165) is 31.6 Å². The number of hydrogen-bond donors (Lipinski definition) is 9. The van der Waals surface area contributed by atoms with Gasteiger partial charge < -0.3 is 64.9 Å². The maximum absolute atomic E-state index is 12.4. The summed E-state index contributed by atoms with van der Waals surface area (Å²) in [6.45, 7) is 9.28. The molecule has 0 amide bonds. The molecule has 17 unspecified atom stereocenters. The second kappa shape index (κ2) is 16.5. The molecule has 0 aromatic heterocycles. The van der Waals surface area contributed by atoms with Gasteiger partial charge in [-0.15, -0.1) is 0 Å². The molecule has 0 aromatic rings. The van der Waals surface area contributed by atoms with Gasteiger partial charge in [0.2, 0.25) is 0 Å². The molecule has 2 saturated heterocycles. The average molecular weight is 771 g/mol. The van der Waals surface area contributed by atoms with Crippen LogP contribution < -0.4 is 0 Å². The molecule has 5 aliphatic carbocycles. The summed E-state index contributed by atoms with van der Waals surface area (Å²) in [5.74, 6) is -0.596. The summed E-state index contributed by atoms with van der Waals surface area (Å²) in [6.07, 6.45) is -0.435. The summed E-state index contributed by atoms with van der Waals surface area (Å²) in [4.78, 5) is 11.8. The molecule has 9 N–H and O–H groups in total. The van der Waals surface area contributed by atoms with E-state index >= 15 is 0 Å². The Bertz CT molecular complexity index is 1300. The zero-order valence-corrected chi connectivity index (χ0v) is 32.3. The predicted molar refractivity (Wildman–Crippen MR) is 192 cm³/mol. The lowest BCUT2D eigenvalue weighted by Crippen LogP contribution is -2.70. The first kappa shape index (κ1) is 42.3. The monoisotopic (exact) mass is 770 g/mol. The first-order valence-electron chi connectivity index (χ1n) is 20.3. The summed E-state index contributed by atoms with van der Waals surface area (Å²) >= 11 is 0. The van der Waals surface area contributed by atoms with Crippen LogP contribution in [0.15, 0.2) is 11.6 Å². The molecule has 3 aliphatic heterocycles. The Balaban J connectivity index is 0.000000296. The molecule has 8 rings (SSSR count). The zero-order valence-electron chi connectivity index (χ0n) is 32.3. The van der Waals surface area contributed by atoms with E-state index in [0.29, 0.717) is 56.8 Å². The van der Waals surface area contributed by atoms with Crippen LogP contribution in [0.1, 0.15) is 91.9 Å². The van der Waals surface area contributed by atoms with E-state index < -0.39 is 77.7 Å². The normalized spacial score (nSPS) is 52.5. The molecular formula is C40H66O14. The van der Waals surface area contributed by atoms with Crippen molar-refractivity contribution in [1.29, 1.82) is 0 Å². The first-order chi connectivity index (χ1) is 25.4. The highest BCUT2D eigenvalue weighted by molar-refractivity contribution is 5.85. The highest BCUT2D eigenvalue weighted by atomic mass is 16.6. The van der Waals surface area contributed by atoms with Gasteiger partial charge in [-0.05, 0) is 86.0 Å². The van der Waals surface area contributed by atoms with Gasteiger partial charge in [-0.25, -0.2) is 4.79 Å². The topological polar surface area (TPSA) is 236 Å². The van der Waals surface area contributed by atoms with E-state index in [1.165, 1.54) is 6.08 Å². The van der Waals surface area contributed by atoms with Gasteiger partial charge in [-0.2, -0.15) is 0 Å². The van der Waals surface area contributed by atoms with Crippen LogP contribution in [0.2, 0.25) is 0 Å². The highest BCUT2D eigenvalue weighted by Gasteiger charge is 2.72. The van der Waals surface area contributed by atoms with E-state index in [-0.39, 0.29) is 49.3 Å². The molecule has 19 atom stereocenters. The molecule has 0 aromatic carbocycles. The van der Waals surface area contributed by atoms with Gasteiger partial charge in [0.25, 0.3) is 0 Å². The third-order valence-corrected chi connectivity index (χ3v) is 14.9. The number of carbonyl (C=O) groups excluding carboxylic acids is 1. The summed E-state index contributed by atoms with van der Waals surface area (Å²) in [7, 11) is 0. The number of hydrogen-bond acceptors (Lipinski definition) is 14. The largest absolute Gasteiger partial charge is 0.458 e. The Morgan fingerprint density at radius 1 is 0.833 bits per heavy atom. The standard InChI is InChI=1S/C30H46O10.2C5H10O2/c1-14-7-21(26(36)27(37)25(14)35)40-17-9-16-3-4-19-24(29(16,13-31)22(33)10-17)20(32)11-28(2)18(5-6-30(19,28)38)15-8-23(34)39-12-15;2*1-4-2-5(6)7-3-4/h8,14,16-22,24-27,31-33,35-38H,3-7,9-13H2,1-2H3;2*4-6H,2-3H2,1H3/t;2*4?,5-/m.11/s1. The van der Waals surface area contributed by atoms with Crippen LogP contribution in [0.25, 0.3) is 0 Å². The molecule has 3 heterocycles. The fourth-order valence-electron chi connectivity index (χ4n) is 12.0. The van der Waals surface area contributed by atoms with E-state index in [1.807, 2.05) is 6.92 Å². The fraction of sp³-hybridized carbons (Fsp3) is 0.925. The van der Waals surface area contributed by atoms with Crippen molar-refractivity contribution in [2.24, 2.45) is 52.3 Å². The van der Waals surface area contributed by atoms with Crippen molar-refractivity contribution < 1.29 is 69.7 Å². The molecule has 0 radical (unpaired) electrons. The van der Waals surface area contributed by atoms with Crippen LogP contribution in [-0.2, 0) is 23.7 Å². The van der Waals surface area contributed by atoms with Gasteiger partial charge in [0.15, 0.2) is 12.6 Å². The van der Waals surface area contributed by atoms with E-state index in [1.54, 1.807) is 6.92 Å². The van der Waals surface area contributed by atoms with Crippen LogP contribution in [0.4, 0.5) is 0 Å². The minimum atomic E-state index is -1.30. The summed E-state index contributed by atoms with van der Waals surface area (Å²) in [5, 5.41) is 95.2. The van der Waals surface area contributed by atoms with Crippen molar-refractivity contribution in [3.63, 3.8) is 0 Å². The van der Waals surface area contributed by atoms with E-state index in [9.17, 15) is 40.5 Å². The average Bonchev–Trinajstić information content (AvgIpc) is 3.89. The van der Waals surface area contributed by atoms with Crippen molar-refractivity contribution in [3.05, 3.63) is 11.6 Å². The van der Waals surface area contributed by atoms with Crippen LogP contribution in [0, 0.1) is 52.3 Å². The minimum Gasteiger partial charge on any atom is -0.458 e. The van der Waals surface area contributed by atoms with E-state index in [4.69, 9.17) is 29.2 Å². The molecule has 7 fully saturated rings. The summed E-state index contributed by atoms with van der Waals surface area (Å²) in [5.41, 5.74) is -1.92. The number of ether oxygens (including phenoxy) is 4. The van der Waals surface area contributed by atoms with Crippen molar-refractivity contribution in [3.8, 4) is 0 Å². The lowest BCUT2D eigenvalue weighted by molar-refractivity contribution is -0.280. The molecule has 0 bridgehead atoms. The molecule has 310 valence electrons. The van der Waals surface area contributed by atoms with Crippen LogP contribution in [-0.4, -0.2) is 139 Å². The van der Waals surface area contributed by atoms with Gasteiger partial charge in [-0.1, -0.05) is 27.7 Å². The Morgan fingerprint density at radius 2 is 1.48 bits per heavy atom. The molecule has 5 saturated carbocycles. The number of aliphatic hydroxyl groups excluding tert-OH is 8. The van der Waals surface area contributed by atoms with E-state index in [2.05, 4.69) is 13.8 Å². The smallest absolute Gasteiger partial charge is 0.331 e. The number of aliphatic hydroxyl groups is 9. The second-order valence-corrected chi connectivity index (χ2v) is 18.4. The van der Waals surface area contributed by atoms with Crippen LogP contribution >= 0.6 is 0 Å². The molecule has 54 heavy (non-hydrogen) atoms. The van der Waals surface area contributed by atoms with Gasteiger partial charge in [0, 0.05) is 42.1 Å². The minimum absolute atomic E-state index is 0.0883. The summed E-state index contributed by atoms with van der Waals surface area (Å²) in [6, 6.07) is 0. The Morgan fingerprint density at radius 3 is 2.00 bits per heavy atom. The van der Waals surface area contributed by atoms with Crippen LogP contribution in [0.5, 0.6) is 0 Å². The third kappa shape index (κ3) is 7.69. The van der Waals surface area contributed by atoms with Crippen molar-refractivity contribution >= 4 is 5.97 Å². The van der Waals surface area contributed by atoms with Crippen LogP contribution in [0.3, 0.4) is 0 Å². The Hall–Kier alpha value is -1.27. The number of rotatable bonds is 4. The first-order valence-corrected chi connectivity index (χ1v) is 20.3. The van der Waals surface area contributed by atoms with Crippen molar-refractivity contribution in [2.75, 3.05) is 26.4 Å². The second-order valence-electron chi connectivity index (χ2n) is 18.4. The molecule has 8 aliphatic rings. The number of carbonyl (C=O) groups is 1. The van der Waals surface area contributed by atoms with Crippen molar-refractivity contribution in [1.82, 2.24) is 0 Å². The maximum atomic E-state index is 12.4. The molecular weight excluding hydrogens is 704 g/mol. The number of fused-ring (bicyclic) bond motifs is 5. The quantitative estimate of drug-likeness (QED) is 0.180. The maximum Gasteiger partial charge on any atom is 0.331 e. The molecule has 0 spiro atoms. The zero-order chi connectivity index (χ0) is 39.3. The third-order valence-electron chi connectivity index (χ3n) is 14.9. The Labute approximate surface area is 318 Å². The number of cyclic esters (lactones) is 1. The van der Waals surface area contributed by atoms with Crippen molar-refractivity contribution in [2.45, 2.75) is 153 Å². The Kier molecular flexibility index (Phi) is 13.0. The predicted octanol–water partition coefficient (Wildman–Crippen LogP) is 0.756. The summed E-state index contributed by atoms with van der Waals surface area (Å²) < 4.78 is 21.1. The molecule has 14 heteroatoms. The lowest BCUT2D eigenvalue weighted by Gasteiger charge is -2.66. The lowest BCUT2D eigenvalue weighted by atomic mass is 9.41. The van der Waals surface area contributed by atoms with Gasteiger partial charge in [0.1, 0.15) is 18.8 Å². The molecule has 14 nitrogen and oxygen atoms in total.